The quantitative estimate of drug-likeness (QED) is 0.475. The molecule has 0 spiro atoms. The van der Waals surface area contributed by atoms with Crippen LogP contribution in [0.4, 0.5) is 0 Å². The highest BCUT2D eigenvalue weighted by Crippen LogP contribution is 2.09. The minimum Gasteiger partial charge on any atom is -0.465 e. The Morgan fingerprint density at radius 1 is 1.36 bits per heavy atom. The molecule has 0 heterocycles. The van der Waals surface area contributed by atoms with Crippen LogP contribution in [0.5, 0.6) is 0 Å². The van der Waals surface area contributed by atoms with Crippen molar-refractivity contribution in [2.24, 2.45) is 5.92 Å². The maximum absolute atomic E-state index is 10.5. The standard InChI is InChI=1S/C9H18O5/c1-7(11)14-6-8(5-10)4-9(12-2)13-3/h8-10H,4-6H2,1-3H3/t8-/m1/s1. The molecule has 1 atom stereocenters. The normalized spacial score (nSPS) is 12.9. The van der Waals surface area contributed by atoms with Gasteiger partial charge in [-0.2, -0.15) is 0 Å². The summed E-state index contributed by atoms with van der Waals surface area (Å²) in [6.07, 6.45) is 0.124. The summed E-state index contributed by atoms with van der Waals surface area (Å²) in [4.78, 5) is 10.5. The number of carbonyl (C=O) groups is 1. The van der Waals surface area contributed by atoms with Gasteiger partial charge in [-0.3, -0.25) is 4.79 Å². The number of aliphatic hydroxyl groups is 1. The van der Waals surface area contributed by atoms with Crippen LogP contribution in [0, 0.1) is 5.92 Å². The lowest BCUT2D eigenvalue weighted by atomic mass is 10.1. The smallest absolute Gasteiger partial charge is 0.302 e. The minimum absolute atomic E-state index is 0.0590. The van der Waals surface area contributed by atoms with Gasteiger partial charge in [-0.25, -0.2) is 0 Å². The molecule has 5 heteroatoms. The lowest BCUT2D eigenvalue weighted by Crippen LogP contribution is -2.24. The molecule has 0 fully saturated rings. The number of ether oxygens (including phenoxy) is 3. The monoisotopic (exact) mass is 206 g/mol. The number of esters is 1. The molecular formula is C9H18O5. The van der Waals surface area contributed by atoms with Crippen LogP contribution in [0.2, 0.25) is 0 Å². The van der Waals surface area contributed by atoms with Crippen LogP contribution in [0.3, 0.4) is 0 Å². The minimum atomic E-state index is -0.372. The van der Waals surface area contributed by atoms with Gasteiger partial charge in [0, 0.05) is 40.1 Å². The average molecular weight is 206 g/mol. The van der Waals surface area contributed by atoms with Crippen LogP contribution in [-0.4, -0.2) is 44.8 Å². The summed E-state index contributed by atoms with van der Waals surface area (Å²) in [5.74, 6) is -0.501. The Morgan fingerprint density at radius 3 is 2.29 bits per heavy atom. The van der Waals surface area contributed by atoms with Crippen molar-refractivity contribution in [3.05, 3.63) is 0 Å². The van der Waals surface area contributed by atoms with E-state index in [1.165, 1.54) is 21.1 Å². The molecule has 14 heavy (non-hydrogen) atoms. The fraction of sp³-hybridized carbons (Fsp3) is 0.889. The van der Waals surface area contributed by atoms with E-state index in [1.54, 1.807) is 0 Å². The van der Waals surface area contributed by atoms with E-state index in [0.717, 1.165) is 0 Å². The Labute approximate surface area is 84.0 Å². The maximum Gasteiger partial charge on any atom is 0.302 e. The maximum atomic E-state index is 10.5. The van der Waals surface area contributed by atoms with Crippen LogP contribution < -0.4 is 0 Å². The first-order chi connectivity index (χ1) is 6.63. The zero-order valence-electron chi connectivity index (χ0n) is 8.86. The average Bonchev–Trinajstić information content (AvgIpc) is 2.18. The van der Waals surface area contributed by atoms with Gasteiger partial charge < -0.3 is 19.3 Å². The molecule has 0 aliphatic heterocycles. The summed E-state index contributed by atoms with van der Waals surface area (Å²) in [6.45, 7) is 1.46. The predicted molar refractivity (Wildman–Crippen MR) is 49.6 cm³/mol. The molecule has 0 bridgehead atoms. The first-order valence-electron chi connectivity index (χ1n) is 4.43. The molecule has 0 aliphatic rings. The molecular weight excluding hydrogens is 188 g/mol. The van der Waals surface area contributed by atoms with Crippen molar-refractivity contribution in [3.8, 4) is 0 Å². The van der Waals surface area contributed by atoms with Gasteiger partial charge in [0.15, 0.2) is 6.29 Å². The van der Waals surface area contributed by atoms with Gasteiger partial charge in [-0.1, -0.05) is 0 Å². The Morgan fingerprint density at radius 2 is 1.93 bits per heavy atom. The van der Waals surface area contributed by atoms with Crippen LogP contribution in [-0.2, 0) is 19.0 Å². The highest BCUT2D eigenvalue weighted by atomic mass is 16.7. The van der Waals surface area contributed by atoms with E-state index in [0.29, 0.717) is 6.42 Å². The summed E-state index contributed by atoms with van der Waals surface area (Å²) in [6, 6.07) is 0. The van der Waals surface area contributed by atoms with Crippen molar-refractivity contribution in [2.45, 2.75) is 19.6 Å². The summed E-state index contributed by atoms with van der Waals surface area (Å²) in [5.41, 5.74) is 0. The fourth-order valence-corrected chi connectivity index (χ4v) is 0.991. The van der Waals surface area contributed by atoms with Gasteiger partial charge in [0.25, 0.3) is 0 Å². The van der Waals surface area contributed by atoms with Crippen molar-refractivity contribution >= 4 is 5.97 Å². The largest absolute Gasteiger partial charge is 0.465 e. The zero-order chi connectivity index (χ0) is 11.0. The third-order valence-corrected chi connectivity index (χ3v) is 1.83. The molecule has 0 unspecified atom stereocenters. The first kappa shape index (κ1) is 13.4. The Kier molecular flexibility index (Phi) is 7.37. The number of aliphatic hydroxyl groups excluding tert-OH is 1. The summed E-state index contributed by atoms with van der Waals surface area (Å²) >= 11 is 0. The van der Waals surface area contributed by atoms with Gasteiger partial charge >= 0.3 is 5.97 Å². The van der Waals surface area contributed by atoms with Crippen LogP contribution in [0.25, 0.3) is 0 Å². The highest BCUT2D eigenvalue weighted by Gasteiger charge is 2.16. The van der Waals surface area contributed by atoms with E-state index in [1.807, 2.05) is 0 Å². The van der Waals surface area contributed by atoms with Crippen molar-refractivity contribution in [2.75, 3.05) is 27.4 Å². The number of hydrogen-bond acceptors (Lipinski definition) is 5. The van der Waals surface area contributed by atoms with E-state index in [-0.39, 0.29) is 31.4 Å². The lowest BCUT2D eigenvalue weighted by molar-refractivity contribution is -0.147. The zero-order valence-corrected chi connectivity index (χ0v) is 8.86. The van der Waals surface area contributed by atoms with E-state index in [4.69, 9.17) is 19.3 Å². The van der Waals surface area contributed by atoms with Crippen molar-refractivity contribution < 1.29 is 24.1 Å². The molecule has 0 saturated heterocycles. The van der Waals surface area contributed by atoms with Crippen LogP contribution >= 0.6 is 0 Å². The molecule has 0 rings (SSSR count). The SMILES string of the molecule is COC(C[C@H](CO)COC(C)=O)OC. The molecule has 0 saturated carbocycles. The lowest BCUT2D eigenvalue weighted by Gasteiger charge is -2.19. The van der Waals surface area contributed by atoms with Gasteiger partial charge in [-0.15, -0.1) is 0 Å². The topological polar surface area (TPSA) is 65.0 Å². The fourth-order valence-electron chi connectivity index (χ4n) is 0.991. The predicted octanol–water partition coefficient (Wildman–Crippen LogP) is 0.167. The molecule has 0 aliphatic carbocycles. The number of hydrogen-bond donors (Lipinski definition) is 1. The molecule has 1 N–H and O–H groups in total. The van der Waals surface area contributed by atoms with Crippen molar-refractivity contribution in [1.29, 1.82) is 0 Å². The van der Waals surface area contributed by atoms with Gasteiger partial charge in [-0.05, 0) is 0 Å². The van der Waals surface area contributed by atoms with Crippen LogP contribution in [0.15, 0.2) is 0 Å². The van der Waals surface area contributed by atoms with E-state index in [2.05, 4.69) is 0 Å². The summed E-state index contributed by atoms with van der Waals surface area (Å²) in [7, 11) is 3.04. The first-order valence-corrected chi connectivity index (χ1v) is 4.43. The highest BCUT2D eigenvalue weighted by molar-refractivity contribution is 5.65. The summed E-state index contributed by atoms with van der Waals surface area (Å²) in [5, 5.41) is 8.98. The Bertz CT molecular complexity index is 155. The van der Waals surface area contributed by atoms with Crippen molar-refractivity contribution in [3.63, 3.8) is 0 Å². The second-order valence-electron chi connectivity index (χ2n) is 2.99. The Hall–Kier alpha value is -0.650. The number of carbonyl (C=O) groups excluding carboxylic acids is 1. The third-order valence-electron chi connectivity index (χ3n) is 1.83. The van der Waals surface area contributed by atoms with Gasteiger partial charge in [0.05, 0.1) is 6.61 Å². The van der Waals surface area contributed by atoms with E-state index < -0.39 is 0 Å². The molecule has 0 aromatic rings. The Balaban J connectivity index is 3.82. The molecule has 84 valence electrons. The third kappa shape index (κ3) is 5.90. The van der Waals surface area contributed by atoms with E-state index in [9.17, 15) is 4.79 Å². The number of rotatable bonds is 7. The van der Waals surface area contributed by atoms with E-state index >= 15 is 0 Å². The van der Waals surface area contributed by atoms with Crippen molar-refractivity contribution in [1.82, 2.24) is 0 Å². The second kappa shape index (κ2) is 7.73. The van der Waals surface area contributed by atoms with Gasteiger partial charge in [0.2, 0.25) is 0 Å². The van der Waals surface area contributed by atoms with Crippen LogP contribution in [0.1, 0.15) is 13.3 Å². The molecule has 0 aromatic heterocycles. The second-order valence-corrected chi connectivity index (χ2v) is 2.99. The molecule has 0 amide bonds. The molecule has 0 radical (unpaired) electrons. The number of methoxy groups -OCH3 is 2. The molecule has 5 nitrogen and oxygen atoms in total. The summed E-state index contributed by atoms with van der Waals surface area (Å²) < 4.78 is 14.7. The molecule has 0 aromatic carbocycles. The van der Waals surface area contributed by atoms with Gasteiger partial charge in [0.1, 0.15) is 0 Å².